The first-order chi connectivity index (χ1) is 10.1. The van der Waals surface area contributed by atoms with E-state index in [0.29, 0.717) is 18.0 Å². The van der Waals surface area contributed by atoms with Gasteiger partial charge in [-0.1, -0.05) is 17.7 Å². The number of nitrogens with zero attached hydrogens (tertiary/aromatic N) is 1. The van der Waals surface area contributed by atoms with Crippen molar-refractivity contribution in [2.24, 2.45) is 5.92 Å². The van der Waals surface area contributed by atoms with E-state index < -0.39 is 5.92 Å². The first kappa shape index (κ1) is 17.1. The molecule has 2 fully saturated rings. The summed E-state index contributed by atoms with van der Waals surface area (Å²) in [6.45, 7) is 2.25. The van der Waals surface area contributed by atoms with E-state index in [1.807, 2.05) is 12.1 Å². The van der Waals surface area contributed by atoms with E-state index in [1.165, 1.54) is 0 Å². The second-order valence-corrected chi connectivity index (χ2v) is 5.95. The van der Waals surface area contributed by atoms with Crippen molar-refractivity contribution in [2.45, 2.75) is 18.9 Å². The Morgan fingerprint density at radius 1 is 1.36 bits per heavy atom. The van der Waals surface area contributed by atoms with Crippen LogP contribution in [0.4, 0.5) is 5.69 Å². The summed E-state index contributed by atoms with van der Waals surface area (Å²) in [6, 6.07) is 7.31. The molecule has 0 spiro atoms. The van der Waals surface area contributed by atoms with E-state index in [2.05, 4.69) is 10.6 Å². The Kier molecular flexibility index (Phi) is 5.67. The molecule has 0 saturated carbocycles. The molecule has 1 aromatic rings. The zero-order valence-electron chi connectivity index (χ0n) is 12.0. The standard InChI is InChI=1S/C15H18ClN3O2.ClH/c16-10-2-1-3-12(8-10)19-7-5-13(15(19)21)14(20)18-11-4-6-17-9-11;/h1-3,8,11,13,17H,4-7,9H2,(H,18,20);1H. The average molecular weight is 344 g/mol. The Morgan fingerprint density at radius 2 is 2.18 bits per heavy atom. The highest BCUT2D eigenvalue weighted by atomic mass is 35.5. The Morgan fingerprint density at radius 3 is 2.86 bits per heavy atom. The van der Waals surface area contributed by atoms with Crippen LogP contribution in [-0.2, 0) is 9.59 Å². The molecule has 5 nitrogen and oxygen atoms in total. The first-order valence-corrected chi connectivity index (χ1v) is 7.61. The molecule has 0 bridgehead atoms. The van der Waals surface area contributed by atoms with Crippen LogP contribution in [0.15, 0.2) is 24.3 Å². The maximum Gasteiger partial charge on any atom is 0.239 e. The number of carbonyl (C=O) groups excluding carboxylic acids is 2. The maximum absolute atomic E-state index is 12.4. The summed E-state index contributed by atoms with van der Waals surface area (Å²) in [7, 11) is 0. The van der Waals surface area contributed by atoms with Gasteiger partial charge in [-0.3, -0.25) is 9.59 Å². The number of benzene rings is 1. The average Bonchev–Trinajstić information content (AvgIpc) is 3.08. The van der Waals surface area contributed by atoms with E-state index in [1.54, 1.807) is 17.0 Å². The van der Waals surface area contributed by atoms with Gasteiger partial charge in [-0.15, -0.1) is 12.4 Å². The number of hydrogen-bond donors (Lipinski definition) is 2. The SMILES string of the molecule is Cl.O=C(NC1CCNC1)C1CCN(c2cccc(Cl)c2)C1=O. The third kappa shape index (κ3) is 3.54. The van der Waals surface area contributed by atoms with Gasteiger partial charge < -0.3 is 15.5 Å². The number of hydrogen-bond acceptors (Lipinski definition) is 3. The molecule has 22 heavy (non-hydrogen) atoms. The topological polar surface area (TPSA) is 61.4 Å². The zero-order valence-corrected chi connectivity index (χ0v) is 13.6. The summed E-state index contributed by atoms with van der Waals surface area (Å²) in [5, 5.41) is 6.74. The van der Waals surface area contributed by atoms with Crippen molar-refractivity contribution in [3.8, 4) is 0 Å². The van der Waals surface area contributed by atoms with Crippen molar-refractivity contribution in [1.82, 2.24) is 10.6 Å². The third-order valence-electron chi connectivity index (χ3n) is 4.05. The maximum atomic E-state index is 12.4. The molecular formula is C15H19Cl2N3O2. The quantitative estimate of drug-likeness (QED) is 0.819. The van der Waals surface area contributed by atoms with Crippen molar-refractivity contribution in [3.05, 3.63) is 29.3 Å². The van der Waals surface area contributed by atoms with Gasteiger partial charge in [0, 0.05) is 29.8 Å². The van der Waals surface area contributed by atoms with Crippen LogP contribution in [0.1, 0.15) is 12.8 Å². The highest BCUT2D eigenvalue weighted by Crippen LogP contribution is 2.27. The zero-order chi connectivity index (χ0) is 14.8. The Labute approximate surface area is 140 Å². The van der Waals surface area contributed by atoms with Crippen LogP contribution in [0.25, 0.3) is 0 Å². The number of carbonyl (C=O) groups is 2. The van der Waals surface area contributed by atoms with E-state index in [4.69, 9.17) is 11.6 Å². The van der Waals surface area contributed by atoms with Crippen LogP contribution in [-0.4, -0.2) is 37.5 Å². The second kappa shape index (κ2) is 7.31. The summed E-state index contributed by atoms with van der Waals surface area (Å²) in [4.78, 5) is 26.3. The predicted molar refractivity (Wildman–Crippen MR) is 88.6 cm³/mol. The van der Waals surface area contributed by atoms with Crippen molar-refractivity contribution >= 4 is 41.5 Å². The molecule has 2 heterocycles. The lowest BCUT2D eigenvalue weighted by molar-refractivity contribution is -0.132. The van der Waals surface area contributed by atoms with Crippen molar-refractivity contribution in [1.29, 1.82) is 0 Å². The Hall–Kier alpha value is -1.30. The molecule has 120 valence electrons. The molecular weight excluding hydrogens is 325 g/mol. The van der Waals surface area contributed by atoms with Gasteiger partial charge in [-0.05, 0) is 37.6 Å². The number of halogens is 2. The van der Waals surface area contributed by atoms with Gasteiger partial charge in [-0.2, -0.15) is 0 Å². The number of rotatable bonds is 3. The molecule has 2 saturated heterocycles. The molecule has 2 unspecified atom stereocenters. The predicted octanol–water partition coefficient (Wildman–Crippen LogP) is 1.59. The fraction of sp³-hybridized carbons (Fsp3) is 0.467. The van der Waals surface area contributed by atoms with Crippen LogP contribution in [0.2, 0.25) is 5.02 Å². The summed E-state index contributed by atoms with van der Waals surface area (Å²) in [6.07, 6.45) is 1.47. The van der Waals surface area contributed by atoms with Crippen LogP contribution in [0.3, 0.4) is 0 Å². The molecule has 7 heteroatoms. The molecule has 2 aliphatic rings. The van der Waals surface area contributed by atoms with Gasteiger partial charge in [0.2, 0.25) is 11.8 Å². The van der Waals surface area contributed by atoms with Crippen molar-refractivity contribution in [2.75, 3.05) is 24.5 Å². The van der Waals surface area contributed by atoms with Crippen LogP contribution in [0, 0.1) is 5.92 Å². The molecule has 0 radical (unpaired) electrons. The van der Waals surface area contributed by atoms with Gasteiger partial charge in [0.25, 0.3) is 0 Å². The Balaban J connectivity index is 0.00000176. The highest BCUT2D eigenvalue weighted by molar-refractivity contribution is 6.31. The molecule has 1 aromatic carbocycles. The lowest BCUT2D eigenvalue weighted by Crippen LogP contribution is -2.42. The minimum atomic E-state index is -0.579. The lowest BCUT2D eigenvalue weighted by Gasteiger charge is -2.18. The summed E-state index contributed by atoms with van der Waals surface area (Å²) >= 11 is 5.96. The summed E-state index contributed by atoms with van der Waals surface area (Å²) < 4.78 is 0. The monoisotopic (exact) mass is 343 g/mol. The van der Waals surface area contributed by atoms with E-state index in [0.717, 1.165) is 25.2 Å². The summed E-state index contributed by atoms with van der Waals surface area (Å²) in [5.74, 6) is -0.872. The van der Waals surface area contributed by atoms with E-state index in [9.17, 15) is 9.59 Å². The molecule has 0 aliphatic carbocycles. The molecule has 0 aromatic heterocycles. The minimum Gasteiger partial charge on any atom is -0.351 e. The van der Waals surface area contributed by atoms with Gasteiger partial charge in [-0.25, -0.2) is 0 Å². The fourth-order valence-electron chi connectivity index (χ4n) is 2.90. The largest absolute Gasteiger partial charge is 0.351 e. The number of nitrogens with one attached hydrogen (secondary N) is 2. The van der Waals surface area contributed by atoms with Gasteiger partial charge in [0.15, 0.2) is 0 Å². The second-order valence-electron chi connectivity index (χ2n) is 5.51. The van der Waals surface area contributed by atoms with Gasteiger partial charge in [0.1, 0.15) is 5.92 Å². The van der Waals surface area contributed by atoms with E-state index in [-0.39, 0.29) is 30.3 Å². The summed E-state index contributed by atoms with van der Waals surface area (Å²) in [5.41, 5.74) is 0.755. The van der Waals surface area contributed by atoms with Crippen LogP contribution < -0.4 is 15.5 Å². The van der Waals surface area contributed by atoms with Crippen molar-refractivity contribution in [3.63, 3.8) is 0 Å². The van der Waals surface area contributed by atoms with Crippen LogP contribution >= 0.6 is 24.0 Å². The van der Waals surface area contributed by atoms with E-state index >= 15 is 0 Å². The Bertz CT molecular complexity index is 561. The van der Waals surface area contributed by atoms with Crippen LogP contribution in [0.5, 0.6) is 0 Å². The minimum absolute atomic E-state index is 0. The number of amides is 2. The fourth-order valence-corrected chi connectivity index (χ4v) is 3.09. The number of anilines is 1. The smallest absolute Gasteiger partial charge is 0.239 e. The first-order valence-electron chi connectivity index (χ1n) is 7.23. The molecule has 3 rings (SSSR count). The van der Waals surface area contributed by atoms with Gasteiger partial charge >= 0.3 is 0 Å². The van der Waals surface area contributed by atoms with Gasteiger partial charge in [0.05, 0.1) is 0 Å². The van der Waals surface area contributed by atoms with Crippen molar-refractivity contribution < 1.29 is 9.59 Å². The third-order valence-corrected chi connectivity index (χ3v) is 4.28. The normalized spacial score (nSPS) is 24.2. The molecule has 2 atom stereocenters. The molecule has 2 N–H and O–H groups in total. The lowest BCUT2D eigenvalue weighted by atomic mass is 10.1. The highest BCUT2D eigenvalue weighted by Gasteiger charge is 2.38. The molecule has 2 aliphatic heterocycles. The molecule has 2 amide bonds.